The predicted molar refractivity (Wildman–Crippen MR) is 117 cm³/mol. The highest BCUT2D eigenvalue weighted by Crippen LogP contribution is 2.26. The molecule has 4 aromatic rings. The minimum atomic E-state index is -0.0964. The quantitative estimate of drug-likeness (QED) is 0.568. The van der Waals surface area contributed by atoms with Gasteiger partial charge in [-0.15, -0.1) is 0 Å². The molecule has 1 N–H and O–H groups in total. The maximum absolute atomic E-state index is 13.1. The van der Waals surface area contributed by atoms with E-state index >= 15 is 0 Å². The lowest BCUT2D eigenvalue weighted by molar-refractivity contribution is -0.120. The molecule has 7 nitrogen and oxygen atoms in total. The molecule has 30 heavy (non-hydrogen) atoms. The summed E-state index contributed by atoms with van der Waals surface area (Å²) in [7, 11) is 0. The topological polar surface area (TPSA) is 75.9 Å². The molecule has 1 unspecified atom stereocenters. The van der Waals surface area contributed by atoms with Gasteiger partial charge in [0.05, 0.1) is 5.92 Å². The maximum atomic E-state index is 13.1. The van der Waals surface area contributed by atoms with E-state index in [9.17, 15) is 4.79 Å². The Hall–Kier alpha value is -3.74. The highest BCUT2D eigenvalue weighted by molar-refractivity contribution is 6.03. The Labute approximate surface area is 174 Å². The van der Waals surface area contributed by atoms with Gasteiger partial charge in [0.15, 0.2) is 5.82 Å². The first-order valence-electron chi connectivity index (χ1n) is 10.1. The zero-order valence-electron chi connectivity index (χ0n) is 16.5. The molecule has 2 aromatic carbocycles. The summed E-state index contributed by atoms with van der Waals surface area (Å²) in [6.07, 6.45) is 6.92. The molecule has 1 fully saturated rings. The van der Waals surface area contributed by atoms with Gasteiger partial charge in [-0.25, -0.2) is 14.6 Å². The fraction of sp³-hybridized carbons (Fsp3) is 0.217. The second kappa shape index (κ2) is 7.94. The molecule has 0 aliphatic carbocycles. The van der Waals surface area contributed by atoms with Crippen LogP contribution in [0.15, 0.2) is 73.3 Å². The molecule has 1 atom stereocenters. The van der Waals surface area contributed by atoms with Crippen molar-refractivity contribution >= 4 is 28.2 Å². The van der Waals surface area contributed by atoms with Gasteiger partial charge in [-0.1, -0.05) is 36.4 Å². The number of rotatable bonds is 4. The van der Waals surface area contributed by atoms with Crippen LogP contribution in [0.25, 0.3) is 16.6 Å². The minimum absolute atomic E-state index is 0.0532. The summed E-state index contributed by atoms with van der Waals surface area (Å²) in [5.74, 6) is 1.49. The number of fused-ring (bicyclic) bond motifs is 1. The van der Waals surface area contributed by atoms with Crippen LogP contribution in [0.5, 0.6) is 0 Å². The van der Waals surface area contributed by atoms with E-state index in [1.807, 2.05) is 48.7 Å². The van der Waals surface area contributed by atoms with Crippen molar-refractivity contribution in [1.29, 1.82) is 0 Å². The monoisotopic (exact) mass is 398 g/mol. The van der Waals surface area contributed by atoms with Gasteiger partial charge >= 0.3 is 0 Å². The van der Waals surface area contributed by atoms with Crippen LogP contribution in [0.3, 0.4) is 0 Å². The lowest BCUT2D eigenvalue weighted by Crippen LogP contribution is -2.41. The number of piperidine rings is 1. The largest absolute Gasteiger partial charge is 0.356 e. The van der Waals surface area contributed by atoms with Gasteiger partial charge in [-0.3, -0.25) is 4.79 Å². The third-order valence-corrected chi connectivity index (χ3v) is 5.54. The Morgan fingerprint density at radius 3 is 2.80 bits per heavy atom. The van der Waals surface area contributed by atoms with Crippen LogP contribution in [0.4, 0.5) is 11.5 Å². The predicted octanol–water partition coefficient (Wildman–Crippen LogP) is 3.67. The van der Waals surface area contributed by atoms with Crippen LogP contribution in [-0.2, 0) is 4.79 Å². The average Bonchev–Trinajstić information content (AvgIpc) is 3.35. The average molecular weight is 398 g/mol. The maximum Gasteiger partial charge on any atom is 0.229 e. The van der Waals surface area contributed by atoms with Gasteiger partial charge in [0.2, 0.25) is 5.91 Å². The number of benzene rings is 2. The van der Waals surface area contributed by atoms with Gasteiger partial charge in [0.25, 0.3) is 0 Å². The number of carbonyl (C=O) groups is 1. The van der Waals surface area contributed by atoms with E-state index in [-0.39, 0.29) is 11.8 Å². The highest BCUT2D eigenvalue weighted by Gasteiger charge is 2.27. The fourth-order valence-electron chi connectivity index (χ4n) is 4.01. The standard InChI is InChI=1S/C23H22N6O/c30-23(27-20-10-3-7-17-6-1-2-9-19(17)20)18-8-4-12-28(15-18)21-14-22(25-16-24-21)29-13-5-11-26-29/h1-3,5-7,9-11,13-14,16,18H,4,8,12,15H2,(H,27,30). The molecule has 2 aromatic heterocycles. The molecule has 1 amide bonds. The van der Waals surface area contributed by atoms with Gasteiger partial charge in [-0.05, 0) is 30.4 Å². The third-order valence-electron chi connectivity index (χ3n) is 5.54. The zero-order chi connectivity index (χ0) is 20.3. The van der Waals surface area contributed by atoms with Crippen LogP contribution >= 0.6 is 0 Å². The summed E-state index contributed by atoms with van der Waals surface area (Å²) in [5.41, 5.74) is 0.859. The molecule has 1 aliphatic rings. The minimum Gasteiger partial charge on any atom is -0.356 e. The Bertz CT molecular complexity index is 1170. The number of nitrogens with zero attached hydrogens (tertiary/aromatic N) is 5. The van der Waals surface area contributed by atoms with Crippen molar-refractivity contribution in [2.24, 2.45) is 5.92 Å². The molecule has 0 bridgehead atoms. The molecule has 0 saturated carbocycles. The highest BCUT2D eigenvalue weighted by atomic mass is 16.1. The number of nitrogens with one attached hydrogen (secondary N) is 1. The summed E-state index contributed by atoms with van der Waals surface area (Å²) < 4.78 is 1.71. The van der Waals surface area contributed by atoms with Crippen molar-refractivity contribution in [1.82, 2.24) is 19.7 Å². The van der Waals surface area contributed by atoms with Crippen molar-refractivity contribution in [2.45, 2.75) is 12.8 Å². The Morgan fingerprint density at radius 1 is 1.03 bits per heavy atom. The second-order valence-corrected chi connectivity index (χ2v) is 7.49. The van der Waals surface area contributed by atoms with Crippen LogP contribution in [0.1, 0.15) is 12.8 Å². The van der Waals surface area contributed by atoms with E-state index in [0.29, 0.717) is 12.4 Å². The summed E-state index contributed by atoms with van der Waals surface area (Å²) in [6.45, 7) is 1.50. The summed E-state index contributed by atoms with van der Waals surface area (Å²) in [6, 6.07) is 17.9. The summed E-state index contributed by atoms with van der Waals surface area (Å²) in [4.78, 5) is 23.9. The molecule has 1 saturated heterocycles. The molecule has 3 heterocycles. The smallest absolute Gasteiger partial charge is 0.229 e. The number of amides is 1. The molecule has 0 spiro atoms. The first-order valence-corrected chi connectivity index (χ1v) is 10.1. The normalized spacial score (nSPS) is 16.5. The van der Waals surface area contributed by atoms with Crippen molar-refractivity contribution < 1.29 is 4.79 Å². The molecular formula is C23H22N6O. The van der Waals surface area contributed by atoms with Crippen molar-refractivity contribution in [3.8, 4) is 5.82 Å². The molecule has 7 heteroatoms. The first-order chi connectivity index (χ1) is 14.8. The first kappa shape index (κ1) is 18.3. The fourth-order valence-corrected chi connectivity index (χ4v) is 4.01. The third kappa shape index (κ3) is 3.61. The van der Waals surface area contributed by atoms with Gasteiger partial charge in [0, 0.05) is 42.6 Å². The van der Waals surface area contributed by atoms with E-state index in [4.69, 9.17) is 0 Å². The Balaban J connectivity index is 1.33. The zero-order valence-corrected chi connectivity index (χ0v) is 16.5. The summed E-state index contributed by atoms with van der Waals surface area (Å²) in [5, 5.41) is 9.55. The van der Waals surface area contributed by atoms with E-state index < -0.39 is 0 Å². The van der Waals surface area contributed by atoms with Crippen LogP contribution < -0.4 is 10.2 Å². The van der Waals surface area contributed by atoms with Gasteiger partial charge in [-0.2, -0.15) is 5.10 Å². The molecule has 1 aliphatic heterocycles. The SMILES string of the molecule is O=C(Nc1cccc2ccccc12)C1CCCN(c2cc(-n3cccn3)ncn2)C1. The lowest BCUT2D eigenvalue weighted by Gasteiger charge is -2.33. The van der Waals surface area contributed by atoms with Crippen LogP contribution in [-0.4, -0.2) is 38.7 Å². The van der Waals surface area contributed by atoms with Crippen molar-refractivity contribution in [2.75, 3.05) is 23.3 Å². The number of anilines is 2. The molecule has 5 rings (SSSR count). The van der Waals surface area contributed by atoms with Gasteiger partial charge in [0.1, 0.15) is 12.1 Å². The number of carbonyl (C=O) groups excluding carboxylic acids is 1. The Kier molecular flexibility index (Phi) is 4.85. The number of hydrogen-bond donors (Lipinski definition) is 1. The second-order valence-electron chi connectivity index (χ2n) is 7.49. The van der Waals surface area contributed by atoms with E-state index in [1.165, 1.54) is 0 Å². The van der Waals surface area contributed by atoms with Crippen molar-refractivity contribution in [3.05, 3.63) is 73.3 Å². The van der Waals surface area contributed by atoms with E-state index in [0.717, 1.165) is 41.7 Å². The van der Waals surface area contributed by atoms with Crippen LogP contribution in [0, 0.1) is 5.92 Å². The van der Waals surface area contributed by atoms with E-state index in [2.05, 4.69) is 37.4 Å². The van der Waals surface area contributed by atoms with Crippen molar-refractivity contribution in [3.63, 3.8) is 0 Å². The lowest BCUT2D eigenvalue weighted by atomic mass is 9.96. The number of hydrogen-bond acceptors (Lipinski definition) is 5. The van der Waals surface area contributed by atoms with E-state index in [1.54, 1.807) is 17.2 Å². The Morgan fingerprint density at radius 2 is 1.90 bits per heavy atom. The molecule has 0 radical (unpaired) electrons. The van der Waals surface area contributed by atoms with Crippen LogP contribution in [0.2, 0.25) is 0 Å². The summed E-state index contributed by atoms with van der Waals surface area (Å²) >= 11 is 0. The molecular weight excluding hydrogens is 376 g/mol. The molecule has 150 valence electrons. The number of aromatic nitrogens is 4. The van der Waals surface area contributed by atoms with Gasteiger partial charge < -0.3 is 10.2 Å².